The van der Waals surface area contributed by atoms with E-state index in [1.165, 1.54) is 19.4 Å². The largest absolute Gasteiger partial charge is 0.391 e. The van der Waals surface area contributed by atoms with Crippen LogP contribution in [-0.4, -0.2) is 66.1 Å². The van der Waals surface area contributed by atoms with E-state index >= 15 is 0 Å². The predicted octanol–water partition coefficient (Wildman–Crippen LogP) is 0.768. The first-order valence-corrected chi connectivity index (χ1v) is 6.38. The lowest BCUT2D eigenvalue weighted by atomic mass is 10.0. The fourth-order valence-corrected chi connectivity index (χ4v) is 2.23. The van der Waals surface area contributed by atoms with Gasteiger partial charge >= 0.3 is 0 Å². The molecular weight excluding hydrogens is 244 g/mol. The summed E-state index contributed by atoms with van der Waals surface area (Å²) in [5.41, 5.74) is 0. The second-order valence-electron chi connectivity index (χ2n) is 4.31. The van der Waals surface area contributed by atoms with E-state index in [2.05, 4.69) is 39.8 Å². The summed E-state index contributed by atoms with van der Waals surface area (Å²) < 4.78 is 0. The molecule has 0 radical (unpaired) electrons. The van der Waals surface area contributed by atoms with Crippen LogP contribution in [0.2, 0.25) is 0 Å². The van der Waals surface area contributed by atoms with Crippen LogP contribution in [-0.2, 0) is 0 Å². The third-order valence-corrected chi connectivity index (χ3v) is 3.65. The first-order chi connectivity index (χ1) is 6.63. The maximum atomic E-state index is 9.52. The number of aliphatic hydroxyl groups excluding tert-OH is 1. The zero-order chi connectivity index (χ0) is 10.6. The summed E-state index contributed by atoms with van der Waals surface area (Å²) in [4.78, 5) is 4.65. The van der Waals surface area contributed by atoms with Gasteiger partial charge in [-0.3, -0.25) is 4.90 Å². The summed E-state index contributed by atoms with van der Waals surface area (Å²) in [7, 11) is 4.27. The van der Waals surface area contributed by atoms with E-state index in [1.807, 2.05) is 0 Å². The molecule has 3 nitrogen and oxygen atoms in total. The molecule has 2 atom stereocenters. The quantitative estimate of drug-likeness (QED) is 0.761. The Kier molecular flexibility index (Phi) is 5.38. The standard InChI is InChI=1S/C10H21BrN2O/c1-12-5-3-4-9(7-12)13(2)8-10(14)6-11/h9-10,14H,3-8H2,1-2H3. The van der Waals surface area contributed by atoms with Gasteiger partial charge < -0.3 is 10.0 Å². The first-order valence-electron chi connectivity index (χ1n) is 5.26. The van der Waals surface area contributed by atoms with E-state index < -0.39 is 0 Å². The van der Waals surface area contributed by atoms with Gasteiger partial charge in [-0.1, -0.05) is 15.9 Å². The number of halogens is 1. The molecule has 0 aromatic heterocycles. The van der Waals surface area contributed by atoms with Gasteiger partial charge in [0.1, 0.15) is 0 Å². The molecule has 0 amide bonds. The molecule has 14 heavy (non-hydrogen) atoms. The van der Waals surface area contributed by atoms with Crippen LogP contribution < -0.4 is 0 Å². The average molecular weight is 265 g/mol. The summed E-state index contributed by atoms with van der Waals surface area (Å²) in [6.45, 7) is 3.11. The number of alkyl halides is 1. The number of nitrogens with zero attached hydrogens (tertiary/aromatic N) is 2. The summed E-state index contributed by atoms with van der Waals surface area (Å²) in [5.74, 6) is 0. The second kappa shape index (κ2) is 6.05. The van der Waals surface area contributed by atoms with Gasteiger partial charge in [0.2, 0.25) is 0 Å². The van der Waals surface area contributed by atoms with Crippen LogP contribution in [0.1, 0.15) is 12.8 Å². The highest BCUT2D eigenvalue weighted by atomic mass is 79.9. The Bertz CT molecular complexity index is 168. The Balaban J connectivity index is 2.31. The molecule has 1 N–H and O–H groups in total. The third-order valence-electron chi connectivity index (χ3n) is 2.90. The van der Waals surface area contributed by atoms with Crippen LogP contribution in [0.3, 0.4) is 0 Å². The molecule has 2 unspecified atom stereocenters. The Morgan fingerprint density at radius 1 is 1.64 bits per heavy atom. The lowest BCUT2D eigenvalue weighted by molar-refractivity contribution is 0.0850. The monoisotopic (exact) mass is 264 g/mol. The molecule has 0 bridgehead atoms. The first kappa shape index (κ1) is 12.4. The number of hydrogen-bond donors (Lipinski definition) is 1. The highest BCUT2D eigenvalue weighted by molar-refractivity contribution is 9.09. The van der Waals surface area contributed by atoms with E-state index in [9.17, 15) is 5.11 Å². The van der Waals surface area contributed by atoms with Gasteiger partial charge in [-0.2, -0.15) is 0 Å². The number of likely N-dealkylation sites (tertiary alicyclic amines) is 1. The van der Waals surface area contributed by atoms with Crippen molar-refractivity contribution in [3.05, 3.63) is 0 Å². The summed E-state index contributed by atoms with van der Waals surface area (Å²) in [6, 6.07) is 0.613. The van der Waals surface area contributed by atoms with Gasteiger partial charge in [-0.25, -0.2) is 0 Å². The Morgan fingerprint density at radius 3 is 2.93 bits per heavy atom. The van der Waals surface area contributed by atoms with Crippen LogP contribution in [0.5, 0.6) is 0 Å². The van der Waals surface area contributed by atoms with Crippen LogP contribution in [0.4, 0.5) is 0 Å². The van der Waals surface area contributed by atoms with Crippen LogP contribution in [0.15, 0.2) is 0 Å². The number of piperidine rings is 1. The maximum Gasteiger partial charge on any atom is 0.0763 e. The fourth-order valence-electron chi connectivity index (χ4n) is 2.03. The van der Waals surface area contributed by atoms with Crippen LogP contribution in [0, 0.1) is 0 Å². The van der Waals surface area contributed by atoms with Crippen molar-refractivity contribution in [2.24, 2.45) is 0 Å². The predicted molar refractivity (Wildman–Crippen MR) is 62.9 cm³/mol. The van der Waals surface area contributed by atoms with Crippen molar-refractivity contribution in [2.45, 2.75) is 25.0 Å². The molecule has 0 saturated carbocycles. The minimum atomic E-state index is -0.243. The van der Waals surface area contributed by atoms with E-state index in [4.69, 9.17) is 0 Å². The van der Waals surface area contributed by atoms with Crippen molar-refractivity contribution >= 4 is 15.9 Å². The Hall–Kier alpha value is 0.360. The van der Waals surface area contributed by atoms with Crippen molar-refractivity contribution in [3.63, 3.8) is 0 Å². The minimum Gasteiger partial charge on any atom is -0.391 e. The topological polar surface area (TPSA) is 26.7 Å². The van der Waals surface area contributed by atoms with E-state index in [-0.39, 0.29) is 6.10 Å². The Labute approximate surface area is 95.2 Å². The summed E-state index contributed by atoms with van der Waals surface area (Å²) in [6.07, 6.45) is 2.29. The lowest BCUT2D eigenvalue weighted by Crippen LogP contribution is -2.47. The normalized spacial score (nSPS) is 26.8. The molecule has 1 rings (SSSR count). The van der Waals surface area contributed by atoms with Crippen LogP contribution >= 0.6 is 15.9 Å². The molecule has 1 aliphatic rings. The highest BCUT2D eigenvalue weighted by Crippen LogP contribution is 2.13. The number of rotatable bonds is 4. The van der Waals surface area contributed by atoms with Gasteiger partial charge in [0.05, 0.1) is 6.10 Å². The maximum absolute atomic E-state index is 9.52. The molecule has 0 aromatic rings. The molecule has 0 aromatic carbocycles. The highest BCUT2D eigenvalue weighted by Gasteiger charge is 2.21. The fraction of sp³-hybridized carbons (Fsp3) is 1.00. The second-order valence-corrected chi connectivity index (χ2v) is 4.95. The van der Waals surface area contributed by atoms with Gasteiger partial charge in [-0.15, -0.1) is 0 Å². The van der Waals surface area contributed by atoms with Crippen molar-refractivity contribution in [2.75, 3.05) is 39.1 Å². The Morgan fingerprint density at radius 2 is 2.36 bits per heavy atom. The van der Waals surface area contributed by atoms with E-state index in [0.29, 0.717) is 11.4 Å². The zero-order valence-electron chi connectivity index (χ0n) is 9.12. The molecule has 1 aliphatic heterocycles. The van der Waals surface area contributed by atoms with Gasteiger partial charge in [0.25, 0.3) is 0 Å². The van der Waals surface area contributed by atoms with Crippen molar-refractivity contribution < 1.29 is 5.11 Å². The molecule has 84 valence electrons. The lowest BCUT2D eigenvalue weighted by Gasteiger charge is -2.36. The molecule has 1 heterocycles. The molecule has 1 saturated heterocycles. The zero-order valence-corrected chi connectivity index (χ0v) is 10.7. The van der Waals surface area contributed by atoms with Crippen molar-refractivity contribution in [1.82, 2.24) is 9.80 Å². The van der Waals surface area contributed by atoms with Gasteiger partial charge in [0.15, 0.2) is 0 Å². The summed E-state index contributed by atoms with van der Waals surface area (Å²) in [5, 5.41) is 10.2. The number of likely N-dealkylation sites (N-methyl/N-ethyl adjacent to an activating group) is 2. The van der Waals surface area contributed by atoms with E-state index in [1.54, 1.807) is 0 Å². The van der Waals surface area contributed by atoms with Crippen molar-refractivity contribution in [3.8, 4) is 0 Å². The molecular formula is C10H21BrN2O. The molecule has 0 aliphatic carbocycles. The minimum absolute atomic E-state index is 0.243. The third kappa shape index (κ3) is 3.85. The summed E-state index contributed by atoms with van der Waals surface area (Å²) >= 11 is 3.29. The van der Waals surface area contributed by atoms with Gasteiger partial charge in [0, 0.05) is 24.5 Å². The number of hydrogen-bond acceptors (Lipinski definition) is 3. The smallest absolute Gasteiger partial charge is 0.0763 e. The number of aliphatic hydroxyl groups is 1. The van der Waals surface area contributed by atoms with Crippen LogP contribution in [0.25, 0.3) is 0 Å². The molecule has 1 fully saturated rings. The average Bonchev–Trinajstić information content (AvgIpc) is 2.17. The molecule has 0 spiro atoms. The molecule has 4 heteroatoms. The van der Waals surface area contributed by atoms with Crippen molar-refractivity contribution in [1.29, 1.82) is 0 Å². The van der Waals surface area contributed by atoms with E-state index in [0.717, 1.165) is 13.1 Å². The SMILES string of the molecule is CN1CCCC(N(C)CC(O)CBr)C1. The van der Waals surface area contributed by atoms with Gasteiger partial charge in [-0.05, 0) is 33.5 Å².